The zero-order valence-electron chi connectivity index (χ0n) is 14.2. The molecule has 0 unspecified atom stereocenters. The van der Waals surface area contributed by atoms with E-state index in [-0.39, 0.29) is 11.9 Å². The average molecular weight is 328 g/mol. The molecule has 4 heteroatoms. The third-order valence-electron chi connectivity index (χ3n) is 4.87. The molecule has 1 aromatic rings. The van der Waals surface area contributed by atoms with Gasteiger partial charge < -0.3 is 13.9 Å². The van der Waals surface area contributed by atoms with Gasteiger partial charge in [-0.3, -0.25) is 0 Å². The van der Waals surface area contributed by atoms with Gasteiger partial charge in [0.1, 0.15) is 5.76 Å². The van der Waals surface area contributed by atoms with E-state index in [0.29, 0.717) is 12.5 Å². The smallest absolute Gasteiger partial charge is 0.330 e. The van der Waals surface area contributed by atoms with Crippen molar-refractivity contribution in [2.24, 2.45) is 11.8 Å². The second-order valence-electron chi connectivity index (χ2n) is 6.21. The standard InChI is InChI=1S/C20H24O4/c1-3-23-19(21)12-11-17-10-9-15-6-4-7-16(15)14-20(17,22-2)18-8-5-13-24-18/h5,8-15,17H,3-4,6-7H2,1-2H3/b12-11+/t15-,17-,20+/m0/s1. The quantitative estimate of drug-likeness (QED) is 0.463. The molecule has 24 heavy (non-hydrogen) atoms. The lowest BCUT2D eigenvalue weighted by Gasteiger charge is -2.32. The Morgan fingerprint density at radius 3 is 3.04 bits per heavy atom. The number of methoxy groups -OCH3 is 1. The summed E-state index contributed by atoms with van der Waals surface area (Å²) in [6, 6.07) is 3.79. The molecule has 4 nitrogen and oxygen atoms in total. The first kappa shape index (κ1) is 16.8. The molecular formula is C20H24O4. The van der Waals surface area contributed by atoms with Crippen LogP contribution in [0.5, 0.6) is 0 Å². The number of esters is 1. The predicted octanol–water partition coefficient (Wildman–Crippen LogP) is 4.15. The van der Waals surface area contributed by atoms with Crippen molar-refractivity contribution in [2.45, 2.75) is 31.8 Å². The third kappa shape index (κ3) is 3.11. The fraction of sp³-hybridized carbons (Fsp3) is 0.450. The highest BCUT2D eigenvalue weighted by Gasteiger charge is 2.42. The van der Waals surface area contributed by atoms with Crippen LogP contribution in [0.2, 0.25) is 0 Å². The Bertz CT molecular complexity index is 653. The van der Waals surface area contributed by atoms with Gasteiger partial charge in [-0.05, 0) is 50.3 Å². The van der Waals surface area contributed by atoms with Crippen LogP contribution >= 0.6 is 0 Å². The summed E-state index contributed by atoms with van der Waals surface area (Å²) < 4.78 is 16.7. The van der Waals surface area contributed by atoms with Gasteiger partial charge >= 0.3 is 5.97 Å². The lowest BCUT2D eigenvalue weighted by Crippen LogP contribution is -2.33. The van der Waals surface area contributed by atoms with Crippen LogP contribution in [0.15, 0.2) is 58.8 Å². The predicted molar refractivity (Wildman–Crippen MR) is 91.2 cm³/mol. The van der Waals surface area contributed by atoms with Gasteiger partial charge in [0, 0.05) is 19.1 Å². The monoisotopic (exact) mass is 328 g/mol. The van der Waals surface area contributed by atoms with Crippen molar-refractivity contribution in [1.29, 1.82) is 0 Å². The Kier molecular flexibility index (Phi) is 5.05. The summed E-state index contributed by atoms with van der Waals surface area (Å²) >= 11 is 0. The third-order valence-corrected chi connectivity index (χ3v) is 4.87. The van der Waals surface area contributed by atoms with Crippen LogP contribution in [0, 0.1) is 11.8 Å². The molecular weight excluding hydrogens is 304 g/mol. The first-order valence-corrected chi connectivity index (χ1v) is 8.53. The van der Waals surface area contributed by atoms with E-state index in [1.807, 2.05) is 18.2 Å². The summed E-state index contributed by atoms with van der Waals surface area (Å²) in [5, 5.41) is 0. The SMILES string of the molecule is CCOC(=O)/C=C/[C@@H]1C=C[C@@H]2CCCC2=C[C@]1(OC)c1ccco1. The van der Waals surface area contributed by atoms with E-state index >= 15 is 0 Å². The summed E-state index contributed by atoms with van der Waals surface area (Å²) in [6.45, 7) is 2.16. The van der Waals surface area contributed by atoms with Crippen molar-refractivity contribution in [3.63, 3.8) is 0 Å². The first-order valence-electron chi connectivity index (χ1n) is 8.53. The topological polar surface area (TPSA) is 48.7 Å². The molecule has 0 amide bonds. The maximum atomic E-state index is 11.7. The van der Waals surface area contributed by atoms with Crippen molar-refractivity contribution in [3.05, 3.63) is 60.1 Å². The summed E-state index contributed by atoms with van der Waals surface area (Å²) in [7, 11) is 1.69. The molecule has 2 aliphatic carbocycles. The van der Waals surface area contributed by atoms with Crippen molar-refractivity contribution in [1.82, 2.24) is 0 Å². The molecule has 2 aliphatic rings. The number of allylic oxidation sites excluding steroid dienone is 2. The zero-order valence-corrected chi connectivity index (χ0v) is 14.2. The van der Waals surface area contributed by atoms with Crippen LogP contribution in [0.3, 0.4) is 0 Å². The molecule has 3 atom stereocenters. The van der Waals surface area contributed by atoms with E-state index < -0.39 is 5.60 Å². The number of ether oxygens (including phenoxy) is 2. The van der Waals surface area contributed by atoms with E-state index in [1.54, 1.807) is 20.3 Å². The Morgan fingerprint density at radius 1 is 1.46 bits per heavy atom. The molecule has 0 N–H and O–H groups in total. The minimum Gasteiger partial charge on any atom is -0.466 e. The Morgan fingerprint density at radius 2 is 2.33 bits per heavy atom. The van der Waals surface area contributed by atoms with Crippen LogP contribution in [0.4, 0.5) is 0 Å². The van der Waals surface area contributed by atoms with Crippen LogP contribution in [-0.4, -0.2) is 19.7 Å². The molecule has 128 valence electrons. The summed E-state index contributed by atoms with van der Waals surface area (Å²) in [6.07, 6.45) is 15.0. The Balaban J connectivity index is 2.02. The number of rotatable bonds is 5. The fourth-order valence-electron chi connectivity index (χ4n) is 3.68. The molecule has 0 bridgehead atoms. The maximum Gasteiger partial charge on any atom is 0.330 e. The minimum absolute atomic E-state index is 0.142. The number of hydrogen-bond donors (Lipinski definition) is 0. The van der Waals surface area contributed by atoms with Gasteiger partial charge in [0.05, 0.1) is 12.9 Å². The number of carbonyl (C=O) groups excluding carboxylic acids is 1. The molecule has 0 spiro atoms. The van der Waals surface area contributed by atoms with E-state index in [9.17, 15) is 4.79 Å². The lowest BCUT2D eigenvalue weighted by atomic mass is 9.83. The number of carbonyl (C=O) groups is 1. The molecule has 3 rings (SSSR count). The largest absolute Gasteiger partial charge is 0.466 e. The van der Waals surface area contributed by atoms with Gasteiger partial charge in [0.25, 0.3) is 0 Å². The van der Waals surface area contributed by atoms with Gasteiger partial charge in [-0.15, -0.1) is 0 Å². The minimum atomic E-state index is -0.739. The van der Waals surface area contributed by atoms with E-state index in [2.05, 4.69) is 18.2 Å². The molecule has 1 heterocycles. The van der Waals surface area contributed by atoms with Gasteiger partial charge in [-0.25, -0.2) is 4.79 Å². The maximum absolute atomic E-state index is 11.7. The summed E-state index contributed by atoms with van der Waals surface area (Å²) in [4.78, 5) is 11.7. The van der Waals surface area contributed by atoms with E-state index in [1.165, 1.54) is 18.1 Å². The lowest BCUT2D eigenvalue weighted by molar-refractivity contribution is -0.137. The molecule has 1 fully saturated rings. The highest BCUT2D eigenvalue weighted by molar-refractivity contribution is 5.82. The molecule has 1 saturated carbocycles. The summed E-state index contributed by atoms with van der Waals surface area (Å²) in [5.41, 5.74) is 0.647. The van der Waals surface area contributed by atoms with Crippen LogP contribution in [0.1, 0.15) is 31.9 Å². The summed E-state index contributed by atoms with van der Waals surface area (Å²) in [5.74, 6) is 0.715. The Labute approximate surface area is 142 Å². The van der Waals surface area contributed by atoms with E-state index in [0.717, 1.165) is 18.6 Å². The highest BCUT2D eigenvalue weighted by atomic mass is 16.5. The second-order valence-corrected chi connectivity index (χ2v) is 6.21. The average Bonchev–Trinajstić information content (AvgIpc) is 3.23. The normalized spacial score (nSPS) is 29.3. The fourth-order valence-corrected chi connectivity index (χ4v) is 3.68. The molecule has 0 aromatic carbocycles. The van der Waals surface area contributed by atoms with Gasteiger partial charge in [0.2, 0.25) is 0 Å². The molecule has 0 radical (unpaired) electrons. The van der Waals surface area contributed by atoms with Crippen LogP contribution in [0.25, 0.3) is 0 Å². The number of furan rings is 1. The number of fused-ring (bicyclic) bond motifs is 1. The van der Waals surface area contributed by atoms with Gasteiger partial charge in [-0.2, -0.15) is 0 Å². The van der Waals surface area contributed by atoms with Crippen molar-refractivity contribution >= 4 is 5.97 Å². The van der Waals surface area contributed by atoms with Gasteiger partial charge in [0.15, 0.2) is 5.60 Å². The number of hydrogen-bond acceptors (Lipinski definition) is 4. The molecule has 0 aliphatic heterocycles. The highest BCUT2D eigenvalue weighted by Crippen LogP contribution is 2.45. The Hall–Kier alpha value is -2.07. The van der Waals surface area contributed by atoms with Crippen molar-refractivity contribution in [2.75, 3.05) is 13.7 Å². The molecule has 0 saturated heterocycles. The molecule has 1 aromatic heterocycles. The van der Waals surface area contributed by atoms with Crippen LogP contribution < -0.4 is 0 Å². The second kappa shape index (κ2) is 7.22. The zero-order chi connectivity index (χ0) is 17.0. The van der Waals surface area contributed by atoms with Crippen LogP contribution in [-0.2, 0) is 19.9 Å². The van der Waals surface area contributed by atoms with Crippen molar-refractivity contribution in [3.8, 4) is 0 Å². The van der Waals surface area contributed by atoms with Gasteiger partial charge in [-0.1, -0.05) is 23.8 Å². The first-order chi connectivity index (χ1) is 11.7. The van der Waals surface area contributed by atoms with Crippen molar-refractivity contribution < 1.29 is 18.7 Å². The van der Waals surface area contributed by atoms with E-state index in [4.69, 9.17) is 13.9 Å².